The molecule has 0 N–H and O–H groups in total. The van der Waals surface area contributed by atoms with Gasteiger partial charge in [-0.2, -0.15) is 0 Å². The number of rotatable bonds is 8. The monoisotopic (exact) mass is 532 g/mol. The van der Waals surface area contributed by atoms with Crippen molar-refractivity contribution in [2.24, 2.45) is 11.3 Å². The predicted octanol–water partition coefficient (Wildman–Crippen LogP) is 6.20. The summed E-state index contributed by atoms with van der Waals surface area (Å²) >= 11 is 6.13. The van der Waals surface area contributed by atoms with Gasteiger partial charge in [-0.1, -0.05) is 48.0 Å². The molecule has 8 heteroatoms. The van der Waals surface area contributed by atoms with Gasteiger partial charge in [-0.3, -0.25) is 9.59 Å². The summed E-state index contributed by atoms with van der Waals surface area (Å²) in [6.45, 7) is 1.68. The zero-order chi connectivity index (χ0) is 26.5. The fourth-order valence-electron chi connectivity index (χ4n) is 5.45. The summed E-state index contributed by atoms with van der Waals surface area (Å²) in [5.41, 5.74) is 0.453. The van der Waals surface area contributed by atoms with Crippen LogP contribution in [0.4, 0.5) is 8.78 Å². The molecule has 1 aliphatic carbocycles. The number of nitrogens with zero attached hydrogens (tertiary/aromatic N) is 2. The van der Waals surface area contributed by atoms with Gasteiger partial charge in [0, 0.05) is 62.3 Å². The largest absolute Gasteiger partial charge is 0.493 e. The zero-order valence-electron chi connectivity index (χ0n) is 21.3. The average molecular weight is 533 g/mol. The zero-order valence-corrected chi connectivity index (χ0v) is 22.1. The molecule has 1 atom stereocenters. The maximum absolute atomic E-state index is 13.7. The van der Waals surface area contributed by atoms with Crippen LogP contribution in [0.5, 0.6) is 5.75 Å². The van der Waals surface area contributed by atoms with Crippen LogP contribution in [0.1, 0.15) is 50.5 Å². The van der Waals surface area contributed by atoms with Gasteiger partial charge in [-0.25, -0.2) is 8.78 Å². The van der Waals surface area contributed by atoms with Crippen molar-refractivity contribution >= 4 is 23.4 Å². The number of carbonyl (C=O) groups excluding carboxylic acids is 2. The molecule has 200 valence electrons. The number of ether oxygens (including phenoxy) is 1. The van der Waals surface area contributed by atoms with Gasteiger partial charge in [-0.05, 0) is 49.4 Å². The van der Waals surface area contributed by atoms with E-state index in [1.54, 1.807) is 35.0 Å². The van der Waals surface area contributed by atoms with Crippen LogP contribution in [0.25, 0.3) is 0 Å². The fourth-order valence-corrected chi connectivity index (χ4v) is 5.63. The highest BCUT2D eigenvalue weighted by Gasteiger charge is 2.44. The molecule has 1 saturated heterocycles. The molecule has 2 fully saturated rings. The van der Waals surface area contributed by atoms with Crippen molar-refractivity contribution in [3.05, 3.63) is 65.2 Å². The SMILES string of the molecule is CN(Cc1ccccc1)C(=O)CC1(COc2cccc(Cl)c2)CCCN(C(=O)C2CCC(F)(F)CC2)C1. The molecule has 1 aliphatic heterocycles. The predicted molar refractivity (Wildman–Crippen MR) is 140 cm³/mol. The Bertz CT molecular complexity index is 1070. The lowest BCUT2D eigenvalue weighted by Crippen LogP contribution is -2.52. The van der Waals surface area contributed by atoms with Crippen LogP contribution in [-0.2, 0) is 16.1 Å². The second kappa shape index (κ2) is 11.8. The quantitative estimate of drug-likeness (QED) is 0.406. The topological polar surface area (TPSA) is 49.9 Å². The molecule has 1 unspecified atom stereocenters. The molecule has 2 aliphatic rings. The van der Waals surface area contributed by atoms with Crippen LogP contribution in [0.2, 0.25) is 5.02 Å². The first-order valence-electron chi connectivity index (χ1n) is 13.0. The van der Waals surface area contributed by atoms with Crippen molar-refractivity contribution < 1.29 is 23.1 Å². The number of likely N-dealkylation sites (tertiary alicyclic amines) is 1. The van der Waals surface area contributed by atoms with E-state index in [1.807, 2.05) is 36.4 Å². The van der Waals surface area contributed by atoms with E-state index >= 15 is 0 Å². The maximum atomic E-state index is 13.7. The Labute approximate surface area is 222 Å². The lowest BCUT2D eigenvalue weighted by molar-refractivity contribution is -0.147. The summed E-state index contributed by atoms with van der Waals surface area (Å²) in [4.78, 5) is 30.2. The first-order chi connectivity index (χ1) is 17.6. The number of hydrogen-bond acceptors (Lipinski definition) is 3. The van der Waals surface area contributed by atoms with Gasteiger partial charge in [0.05, 0.1) is 6.61 Å². The van der Waals surface area contributed by atoms with E-state index in [4.69, 9.17) is 16.3 Å². The number of amides is 2. The number of benzene rings is 2. The third-order valence-electron chi connectivity index (χ3n) is 7.60. The molecule has 0 aromatic heterocycles. The highest BCUT2D eigenvalue weighted by Crippen LogP contribution is 2.40. The van der Waals surface area contributed by atoms with Gasteiger partial charge in [0.1, 0.15) is 5.75 Å². The average Bonchev–Trinajstić information content (AvgIpc) is 2.88. The highest BCUT2D eigenvalue weighted by molar-refractivity contribution is 6.30. The second-order valence-electron chi connectivity index (χ2n) is 10.7. The lowest BCUT2D eigenvalue weighted by Gasteiger charge is -2.44. The molecule has 1 saturated carbocycles. The van der Waals surface area contributed by atoms with Gasteiger partial charge >= 0.3 is 0 Å². The number of alkyl halides is 2. The first-order valence-corrected chi connectivity index (χ1v) is 13.4. The Morgan fingerprint density at radius 2 is 1.81 bits per heavy atom. The summed E-state index contributed by atoms with van der Waals surface area (Å²) < 4.78 is 33.5. The minimum absolute atomic E-state index is 0.0230. The van der Waals surface area contributed by atoms with Crippen LogP contribution in [0.15, 0.2) is 54.6 Å². The van der Waals surface area contributed by atoms with E-state index in [0.717, 1.165) is 18.4 Å². The van der Waals surface area contributed by atoms with Crippen molar-refractivity contribution in [1.29, 1.82) is 0 Å². The van der Waals surface area contributed by atoms with E-state index in [-0.39, 0.29) is 56.4 Å². The maximum Gasteiger partial charge on any atom is 0.248 e. The number of carbonyl (C=O) groups is 2. The molecule has 4 rings (SSSR count). The van der Waals surface area contributed by atoms with Crippen LogP contribution >= 0.6 is 11.6 Å². The minimum Gasteiger partial charge on any atom is -0.493 e. The Hall–Kier alpha value is -2.67. The van der Waals surface area contributed by atoms with Crippen LogP contribution in [0.3, 0.4) is 0 Å². The van der Waals surface area contributed by atoms with Gasteiger partial charge in [0.2, 0.25) is 17.7 Å². The van der Waals surface area contributed by atoms with Crippen molar-refractivity contribution in [1.82, 2.24) is 9.80 Å². The summed E-state index contributed by atoms with van der Waals surface area (Å²) in [5.74, 6) is -2.56. The Balaban J connectivity index is 1.48. The second-order valence-corrected chi connectivity index (χ2v) is 11.1. The van der Waals surface area contributed by atoms with Crippen molar-refractivity contribution in [3.8, 4) is 5.75 Å². The molecule has 0 radical (unpaired) electrons. The summed E-state index contributed by atoms with van der Waals surface area (Å²) in [6.07, 6.45) is 1.59. The molecular formula is C29H35ClF2N2O3. The number of halogens is 3. The van der Waals surface area contributed by atoms with E-state index in [2.05, 4.69) is 0 Å². The van der Waals surface area contributed by atoms with Crippen molar-refractivity contribution in [3.63, 3.8) is 0 Å². The molecule has 2 amide bonds. The molecule has 2 aromatic rings. The summed E-state index contributed by atoms with van der Waals surface area (Å²) in [6, 6.07) is 16.9. The van der Waals surface area contributed by atoms with E-state index in [0.29, 0.717) is 30.4 Å². The van der Waals surface area contributed by atoms with E-state index in [1.165, 1.54) is 0 Å². The molecule has 0 spiro atoms. The van der Waals surface area contributed by atoms with Crippen molar-refractivity contribution in [2.45, 2.75) is 57.4 Å². The molecule has 1 heterocycles. The highest BCUT2D eigenvalue weighted by atomic mass is 35.5. The summed E-state index contributed by atoms with van der Waals surface area (Å²) in [5, 5.41) is 0.555. The standard InChI is InChI=1S/C29H35ClF2N2O3/c1-33(19-22-7-3-2-4-8-22)26(35)18-28(21-37-25-10-5-9-24(30)17-25)13-6-16-34(20-28)27(36)23-11-14-29(31,32)15-12-23/h2-5,7-10,17,23H,6,11-16,18-21H2,1H3. The minimum atomic E-state index is -2.68. The summed E-state index contributed by atoms with van der Waals surface area (Å²) in [7, 11) is 1.79. The van der Waals surface area contributed by atoms with Gasteiger partial charge in [-0.15, -0.1) is 0 Å². The van der Waals surface area contributed by atoms with Crippen LogP contribution in [0, 0.1) is 11.3 Å². The molecule has 0 bridgehead atoms. The third kappa shape index (κ3) is 7.44. The van der Waals surface area contributed by atoms with E-state index < -0.39 is 11.3 Å². The van der Waals surface area contributed by atoms with Gasteiger partial charge in [0.25, 0.3) is 0 Å². The fraction of sp³-hybridized carbons (Fsp3) is 0.517. The third-order valence-corrected chi connectivity index (χ3v) is 7.83. The van der Waals surface area contributed by atoms with Crippen LogP contribution < -0.4 is 4.74 Å². The molecule has 2 aromatic carbocycles. The van der Waals surface area contributed by atoms with Gasteiger partial charge in [0.15, 0.2) is 0 Å². The molecule has 5 nitrogen and oxygen atoms in total. The van der Waals surface area contributed by atoms with Crippen LogP contribution in [-0.4, -0.2) is 54.3 Å². The lowest BCUT2D eigenvalue weighted by atomic mass is 9.76. The number of hydrogen-bond donors (Lipinski definition) is 0. The Kier molecular flexibility index (Phi) is 8.73. The Morgan fingerprint density at radius 1 is 1.08 bits per heavy atom. The van der Waals surface area contributed by atoms with Gasteiger partial charge < -0.3 is 14.5 Å². The smallest absolute Gasteiger partial charge is 0.248 e. The number of piperidine rings is 1. The van der Waals surface area contributed by atoms with Crippen molar-refractivity contribution in [2.75, 3.05) is 26.7 Å². The Morgan fingerprint density at radius 3 is 2.51 bits per heavy atom. The normalized spacial score (nSPS) is 21.9. The molecular weight excluding hydrogens is 498 g/mol. The van der Waals surface area contributed by atoms with E-state index in [9.17, 15) is 18.4 Å². The molecule has 37 heavy (non-hydrogen) atoms. The first kappa shape index (κ1) is 27.4.